The predicted octanol–water partition coefficient (Wildman–Crippen LogP) is 2.27. The molecule has 18 heavy (non-hydrogen) atoms. The van der Waals surface area contributed by atoms with Crippen LogP contribution >= 0.6 is 0 Å². The van der Waals surface area contributed by atoms with Crippen LogP contribution in [0, 0.1) is 23.2 Å². The lowest BCUT2D eigenvalue weighted by Gasteiger charge is -2.34. The zero-order valence-electron chi connectivity index (χ0n) is 11.3. The molecule has 2 aliphatic carbocycles. The van der Waals surface area contributed by atoms with E-state index in [-0.39, 0.29) is 0 Å². The van der Waals surface area contributed by atoms with Gasteiger partial charge in [-0.1, -0.05) is 12.8 Å². The Morgan fingerprint density at radius 1 is 1.11 bits per heavy atom. The lowest BCUT2D eigenvalue weighted by Crippen LogP contribution is -2.53. The van der Waals surface area contributed by atoms with Crippen molar-refractivity contribution in [2.75, 3.05) is 13.1 Å². The first-order valence-electron chi connectivity index (χ1n) is 7.67. The second kappa shape index (κ2) is 4.83. The Morgan fingerprint density at radius 2 is 1.83 bits per heavy atom. The van der Waals surface area contributed by atoms with Gasteiger partial charge in [0.1, 0.15) is 5.54 Å². The molecule has 3 nitrogen and oxygen atoms in total. The van der Waals surface area contributed by atoms with Crippen molar-refractivity contribution < 1.29 is 0 Å². The summed E-state index contributed by atoms with van der Waals surface area (Å²) in [5.41, 5.74) is 5.77. The van der Waals surface area contributed by atoms with Crippen LogP contribution in [0.1, 0.15) is 51.4 Å². The molecule has 2 N–H and O–H groups in total. The van der Waals surface area contributed by atoms with E-state index < -0.39 is 5.54 Å². The van der Waals surface area contributed by atoms with Crippen LogP contribution in [-0.2, 0) is 0 Å². The van der Waals surface area contributed by atoms with E-state index in [0.717, 1.165) is 37.9 Å². The molecule has 2 atom stereocenters. The van der Waals surface area contributed by atoms with Crippen LogP contribution in [0.15, 0.2) is 0 Å². The summed E-state index contributed by atoms with van der Waals surface area (Å²) in [5, 5.41) is 9.41. The number of nitriles is 1. The first kappa shape index (κ1) is 12.4. The van der Waals surface area contributed by atoms with Gasteiger partial charge in [0.15, 0.2) is 0 Å². The standard InChI is InChI=1S/C15H25N3/c16-10-15(17,13-7-8-13)11-18-9-3-6-14(18)12-4-1-2-5-12/h12-14H,1-9,11,17H2. The molecule has 0 radical (unpaired) electrons. The molecule has 1 heterocycles. The SMILES string of the molecule is N#CC(N)(CN1CCCC1C1CCCC1)C1CC1. The van der Waals surface area contributed by atoms with Crippen molar-refractivity contribution in [2.24, 2.45) is 17.6 Å². The summed E-state index contributed by atoms with van der Waals surface area (Å²) in [6.45, 7) is 1.98. The van der Waals surface area contributed by atoms with Crippen LogP contribution in [-0.4, -0.2) is 29.6 Å². The molecule has 100 valence electrons. The summed E-state index contributed by atoms with van der Waals surface area (Å²) >= 11 is 0. The van der Waals surface area contributed by atoms with E-state index in [1.165, 1.54) is 38.5 Å². The molecule has 3 rings (SSSR count). The van der Waals surface area contributed by atoms with Crippen molar-refractivity contribution in [3.05, 3.63) is 0 Å². The zero-order valence-corrected chi connectivity index (χ0v) is 11.3. The molecule has 3 heteroatoms. The van der Waals surface area contributed by atoms with Crippen molar-refractivity contribution >= 4 is 0 Å². The summed E-state index contributed by atoms with van der Waals surface area (Å²) in [4.78, 5) is 2.55. The average molecular weight is 247 g/mol. The Balaban J connectivity index is 1.65. The summed E-state index contributed by atoms with van der Waals surface area (Å²) in [7, 11) is 0. The molecule has 0 aromatic heterocycles. The topological polar surface area (TPSA) is 53.1 Å². The highest BCUT2D eigenvalue weighted by atomic mass is 15.2. The van der Waals surface area contributed by atoms with Gasteiger partial charge in [-0.25, -0.2) is 0 Å². The van der Waals surface area contributed by atoms with Crippen LogP contribution in [0.2, 0.25) is 0 Å². The normalized spacial score (nSPS) is 33.4. The van der Waals surface area contributed by atoms with Crippen molar-refractivity contribution in [1.82, 2.24) is 4.90 Å². The maximum Gasteiger partial charge on any atom is 0.119 e. The third-order valence-corrected chi connectivity index (χ3v) is 5.34. The fourth-order valence-corrected chi connectivity index (χ4v) is 4.11. The number of rotatable bonds is 4. The Hall–Kier alpha value is -0.590. The first-order chi connectivity index (χ1) is 8.73. The van der Waals surface area contributed by atoms with Gasteiger partial charge in [-0.05, 0) is 56.9 Å². The molecule has 2 unspecified atom stereocenters. The molecule has 2 saturated carbocycles. The molecule has 0 aromatic rings. The van der Waals surface area contributed by atoms with Crippen molar-refractivity contribution in [3.63, 3.8) is 0 Å². The second-order valence-corrected chi connectivity index (χ2v) is 6.65. The van der Waals surface area contributed by atoms with Gasteiger partial charge in [-0.15, -0.1) is 0 Å². The van der Waals surface area contributed by atoms with E-state index in [0.29, 0.717) is 5.92 Å². The Labute approximate surface area is 110 Å². The fraction of sp³-hybridized carbons (Fsp3) is 0.933. The maximum absolute atomic E-state index is 9.41. The van der Waals surface area contributed by atoms with Crippen LogP contribution in [0.3, 0.4) is 0 Å². The quantitative estimate of drug-likeness (QED) is 0.829. The third kappa shape index (κ3) is 2.29. The van der Waals surface area contributed by atoms with E-state index in [1.807, 2.05) is 0 Å². The molecule has 3 aliphatic rings. The molecular formula is C15H25N3. The minimum absolute atomic E-state index is 0.465. The Morgan fingerprint density at radius 3 is 2.44 bits per heavy atom. The molecule has 1 aliphatic heterocycles. The van der Waals surface area contributed by atoms with Gasteiger partial charge in [0.25, 0.3) is 0 Å². The predicted molar refractivity (Wildman–Crippen MR) is 71.8 cm³/mol. The highest BCUT2D eigenvalue weighted by Gasteiger charge is 2.46. The average Bonchev–Trinajstić information content (AvgIpc) is 2.92. The van der Waals surface area contributed by atoms with Crippen LogP contribution in [0.4, 0.5) is 0 Å². The van der Waals surface area contributed by atoms with Gasteiger partial charge in [0.05, 0.1) is 6.07 Å². The molecule has 3 fully saturated rings. The minimum Gasteiger partial charge on any atom is -0.312 e. The minimum atomic E-state index is -0.568. The maximum atomic E-state index is 9.41. The summed E-state index contributed by atoms with van der Waals surface area (Å²) in [6, 6.07) is 3.14. The molecule has 0 bridgehead atoms. The van der Waals surface area contributed by atoms with Gasteiger partial charge in [-0.3, -0.25) is 4.90 Å². The Kier molecular flexibility index (Phi) is 3.34. The van der Waals surface area contributed by atoms with Crippen LogP contribution < -0.4 is 5.73 Å². The summed E-state index contributed by atoms with van der Waals surface area (Å²) in [5.74, 6) is 1.35. The van der Waals surface area contributed by atoms with Gasteiger partial charge >= 0.3 is 0 Å². The lowest BCUT2D eigenvalue weighted by atomic mass is 9.92. The van der Waals surface area contributed by atoms with Crippen molar-refractivity contribution in [3.8, 4) is 6.07 Å². The van der Waals surface area contributed by atoms with Gasteiger partial charge in [0.2, 0.25) is 0 Å². The Bertz CT molecular complexity index is 338. The molecule has 1 saturated heterocycles. The van der Waals surface area contributed by atoms with Crippen LogP contribution in [0.25, 0.3) is 0 Å². The fourth-order valence-electron chi connectivity index (χ4n) is 4.11. The first-order valence-corrected chi connectivity index (χ1v) is 7.67. The largest absolute Gasteiger partial charge is 0.312 e. The highest BCUT2D eigenvalue weighted by molar-refractivity contribution is 5.15. The van der Waals surface area contributed by atoms with Gasteiger partial charge in [-0.2, -0.15) is 5.26 Å². The third-order valence-electron chi connectivity index (χ3n) is 5.34. The smallest absolute Gasteiger partial charge is 0.119 e. The van der Waals surface area contributed by atoms with E-state index in [1.54, 1.807) is 0 Å². The van der Waals surface area contributed by atoms with E-state index >= 15 is 0 Å². The van der Waals surface area contributed by atoms with E-state index in [9.17, 15) is 5.26 Å². The number of nitrogens with zero attached hydrogens (tertiary/aromatic N) is 2. The number of hydrogen-bond donors (Lipinski definition) is 1. The number of likely N-dealkylation sites (tertiary alicyclic amines) is 1. The highest BCUT2D eigenvalue weighted by Crippen LogP contribution is 2.41. The van der Waals surface area contributed by atoms with Gasteiger partial charge < -0.3 is 5.73 Å². The second-order valence-electron chi connectivity index (χ2n) is 6.65. The molecule has 0 aromatic carbocycles. The van der Waals surface area contributed by atoms with Gasteiger partial charge in [0, 0.05) is 12.6 Å². The summed E-state index contributed by atoms with van der Waals surface area (Å²) in [6.07, 6.45) is 10.6. The lowest BCUT2D eigenvalue weighted by molar-refractivity contribution is 0.160. The molecule has 0 amide bonds. The number of hydrogen-bond acceptors (Lipinski definition) is 3. The molecule has 0 spiro atoms. The number of nitrogens with two attached hydrogens (primary N) is 1. The van der Waals surface area contributed by atoms with E-state index in [2.05, 4.69) is 11.0 Å². The zero-order chi connectivity index (χ0) is 12.6. The van der Waals surface area contributed by atoms with Crippen molar-refractivity contribution in [1.29, 1.82) is 5.26 Å². The summed E-state index contributed by atoms with van der Waals surface area (Å²) < 4.78 is 0. The monoisotopic (exact) mass is 247 g/mol. The van der Waals surface area contributed by atoms with E-state index in [4.69, 9.17) is 5.73 Å². The van der Waals surface area contributed by atoms with Crippen molar-refractivity contribution in [2.45, 2.75) is 62.9 Å². The van der Waals surface area contributed by atoms with Crippen LogP contribution in [0.5, 0.6) is 0 Å². The molecular weight excluding hydrogens is 222 g/mol.